The molecule has 0 amide bonds. The van der Waals surface area contributed by atoms with Crippen molar-refractivity contribution in [1.82, 2.24) is 0 Å². The van der Waals surface area contributed by atoms with Gasteiger partial charge in [0, 0.05) is 0 Å². The van der Waals surface area contributed by atoms with Crippen molar-refractivity contribution in [3.05, 3.63) is 71.8 Å². The maximum Gasteiger partial charge on any atom is 0.334 e. The van der Waals surface area contributed by atoms with Crippen LogP contribution >= 0.6 is 0 Å². The zero-order chi connectivity index (χ0) is 17.9. The minimum atomic E-state index is -0.841. The van der Waals surface area contributed by atoms with E-state index in [4.69, 9.17) is 9.73 Å². The van der Waals surface area contributed by atoms with Crippen LogP contribution in [-0.2, 0) is 16.0 Å². The molecular formula is C22H25NO2. The monoisotopic (exact) mass is 335 g/mol. The number of cyclic esters (lactones) is 1. The summed E-state index contributed by atoms with van der Waals surface area (Å²) in [7, 11) is 0. The summed E-state index contributed by atoms with van der Waals surface area (Å²) >= 11 is 0. The fraction of sp³-hybridized carbons (Fsp3) is 0.364. The highest BCUT2D eigenvalue weighted by atomic mass is 16.5. The van der Waals surface area contributed by atoms with E-state index in [-0.39, 0.29) is 18.0 Å². The van der Waals surface area contributed by atoms with Gasteiger partial charge in [-0.3, -0.25) is 4.99 Å². The van der Waals surface area contributed by atoms with Gasteiger partial charge < -0.3 is 4.74 Å². The average molecular weight is 335 g/mol. The Morgan fingerprint density at radius 1 is 1.04 bits per heavy atom. The van der Waals surface area contributed by atoms with Crippen LogP contribution in [0.3, 0.4) is 0 Å². The maximum atomic E-state index is 12.7. The van der Waals surface area contributed by atoms with E-state index in [9.17, 15) is 4.79 Å². The van der Waals surface area contributed by atoms with E-state index < -0.39 is 5.54 Å². The Bertz CT molecular complexity index is 752. The molecule has 3 heteroatoms. The lowest BCUT2D eigenvalue weighted by Crippen LogP contribution is -2.48. The molecule has 130 valence electrons. The number of ether oxygens (including phenoxy) is 1. The van der Waals surface area contributed by atoms with Crippen molar-refractivity contribution in [2.75, 3.05) is 0 Å². The Morgan fingerprint density at radius 2 is 1.64 bits per heavy atom. The largest absolute Gasteiger partial charge is 0.454 e. The van der Waals surface area contributed by atoms with Gasteiger partial charge in [-0.25, -0.2) is 4.79 Å². The standard InChI is InChI=1S/C22H25NO2/c1-16(2)20-19(18-12-8-5-9-13-18)23-22(3,21(24)25-20)15-14-17-10-6-4-7-11-17/h4-13,16,20H,14-15H2,1-3H3/t20-,22+/m1/s1. The molecule has 0 aromatic heterocycles. The Kier molecular flexibility index (Phi) is 5.03. The number of hydrogen-bond donors (Lipinski definition) is 0. The normalized spacial score (nSPS) is 23.3. The van der Waals surface area contributed by atoms with Crippen molar-refractivity contribution >= 4 is 11.7 Å². The van der Waals surface area contributed by atoms with E-state index in [0.29, 0.717) is 6.42 Å². The van der Waals surface area contributed by atoms with Crippen molar-refractivity contribution in [2.45, 2.75) is 45.3 Å². The first-order chi connectivity index (χ1) is 12.0. The summed E-state index contributed by atoms with van der Waals surface area (Å²) in [5, 5.41) is 0. The van der Waals surface area contributed by atoms with E-state index in [1.54, 1.807) is 0 Å². The second kappa shape index (κ2) is 7.22. The predicted octanol–water partition coefficient (Wildman–Crippen LogP) is 4.45. The minimum absolute atomic E-state index is 0.182. The number of esters is 1. The number of carbonyl (C=O) groups excluding carboxylic acids is 1. The minimum Gasteiger partial charge on any atom is -0.454 e. The highest BCUT2D eigenvalue weighted by Gasteiger charge is 2.43. The van der Waals surface area contributed by atoms with Crippen molar-refractivity contribution in [3.63, 3.8) is 0 Å². The first-order valence-corrected chi connectivity index (χ1v) is 8.90. The van der Waals surface area contributed by atoms with Crippen LogP contribution in [0.4, 0.5) is 0 Å². The molecule has 0 saturated heterocycles. The summed E-state index contributed by atoms with van der Waals surface area (Å²) in [6.45, 7) is 6.00. The third-order valence-corrected chi connectivity index (χ3v) is 4.73. The van der Waals surface area contributed by atoms with Crippen molar-refractivity contribution < 1.29 is 9.53 Å². The van der Waals surface area contributed by atoms with Crippen LogP contribution in [-0.4, -0.2) is 23.3 Å². The summed E-state index contributed by atoms with van der Waals surface area (Å²) in [6, 6.07) is 20.2. The molecule has 2 aromatic rings. The van der Waals surface area contributed by atoms with Crippen molar-refractivity contribution in [3.8, 4) is 0 Å². The highest BCUT2D eigenvalue weighted by Crippen LogP contribution is 2.30. The first kappa shape index (κ1) is 17.4. The van der Waals surface area contributed by atoms with E-state index in [1.165, 1.54) is 5.56 Å². The third kappa shape index (κ3) is 3.81. The van der Waals surface area contributed by atoms with Crippen molar-refractivity contribution in [1.29, 1.82) is 0 Å². The first-order valence-electron chi connectivity index (χ1n) is 8.90. The smallest absolute Gasteiger partial charge is 0.334 e. The highest BCUT2D eigenvalue weighted by molar-refractivity contribution is 6.08. The van der Waals surface area contributed by atoms with E-state index in [0.717, 1.165) is 17.7 Å². The molecule has 1 aliphatic rings. The molecule has 0 saturated carbocycles. The number of nitrogens with zero attached hydrogens (tertiary/aromatic N) is 1. The lowest BCUT2D eigenvalue weighted by molar-refractivity contribution is -0.155. The van der Waals surface area contributed by atoms with Gasteiger partial charge in [-0.1, -0.05) is 74.5 Å². The molecule has 0 N–H and O–H groups in total. The second-order valence-electron chi connectivity index (χ2n) is 7.19. The van der Waals surface area contributed by atoms with Crippen LogP contribution in [0.5, 0.6) is 0 Å². The summed E-state index contributed by atoms with van der Waals surface area (Å²) < 4.78 is 5.85. The summed E-state index contributed by atoms with van der Waals surface area (Å²) in [6.07, 6.45) is 1.14. The molecule has 3 rings (SSSR count). The van der Waals surface area contributed by atoms with E-state index in [2.05, 4.69) is 26.0 Å². The molecule has 25 heavy (non-hydrogen) atoms. The van der Waals surface area contributed by atoms with Gasteiger partial charge in [-0.2, -0.15) is 0 Å². The van der Waals surface area contributed by atoms with Gasteiger partial charge in [0.1, 0.15) is 6.10 Å². The third-order valence-electron chi connectivity index (χ3n) is 4.73. The Morgan fingerprint density at radius 3 is 2.24 bits per heavy atom. The summed E-state index contributed by atoms with van der Waals surface area (Å²) in [4.78, 5) is 17.6. The van der Waals surface area contributed by atoms with Crippen LogP contribution in [0.25, 0.3) is 0 Å². The lowest BCUT2D eigenvalue weighted by atomic mass is 9.88. The number of benzene rings is 2. The zero-order valence-corrected chi connectivity index (χ0v) is 15.1. The number of aryl methyl sites for hydroxylation is 1. The fourth-order valence-corrected chi connectivity index (χ4v) is 3.15. The maximum absolute atomic E-state index is 12.7. The van der Waals surface area contributed by atoms with Crippen LogP contribution in [0.15, 0.2) is 65.7 Å². The fourth-order valence-electron chi connectivity index (χ4n) is 3.15. The molecular weight excluding hydrogens is 310 g/mol. The number of carbonyl (C=O) groups is 1. The van der Waals surface area contributed by atoms with Crippen LogP contribution < -0.4 is 0 Å². The number of aliphatic imine (C=N–C) groups is 1. The van der Waals surface area contributed by atoms with E-state index in [1.807, 2.05) is 55.5 Å². The molecule has 0 bridgehead atoms. The molecule has 1 heterocycles. The van der Waals surface area contributed by atoms with Gasteiger partial charge in [0.25, 0.3) is 0 Å². The van der Waals surface area contributed by atoms with Gasteiger partial charge in [0.15, 0.2) is 5.54 Å². The SMILES string of the molecule is CC(C)[C@H]1OC(=O)[C@](C)(CCc2ccccc2)N=C1c1ccccc1. The van der Waals surface area contributed by atoms with Crippen LogP contribution in [0.1, 0.15) is 38.3 Å². The topological polar surface area (TPSA) is 38.7 Å². The predicted molar refractivity (Wildman–Crippen MR) is 101 cm³/mol. The van der Waals surface area contributed by atoms with Gasteiger partial charge in [-0.15, -0.1) is 0 Å². The number of hydrogen-bond acceptors (Lipinski definition) is 3. The molecule has 0 radical (unpaired) electrons. The van der Waals surface area contributed by atoms with Crippen LogP contribution in [0.2, 0.25) is 0 Å². The number of rotatable bonds is 5. The molecule has 1 aliphatic heterocycles. The Labute approximate surface area is 149 Å². The summed E-state index contributed by atoms with van der Waals surface area (Å²) in [5.41, 5.74) is 2.27. The lowest BCUT2D eigenvalue weighted by Gasteiger charge is -2.35. The van der Waals surface area contributed by atoms with Crippen molar-refractivity contribution in [2.24, 2.45) is 10.9 Å². The molecule has 0 unspecified atom stereocenters. The molecule has 2 aromatic carbocycles. The molecule has 0 aliphatic carbocycles. The quantitative estimate of drug-likeness (QED) is 0.757. The Hall–Kier alpha value is -2.42. The second-order valence-corrected chi connectivity index (χ2v) is 7.19. The average Bonchev–Trinajstić information content (AvgIpc) is 2.63. The van der Waals surface area contributed by atoms with E-state index >= 15 is 0 Å². The molecule has 0 fully saturated rings. The molecule has 3 nitrogen and oxygen atoms in total. The Balaban J connectivity index is 1.92. The van der Waals surface area contributed by atoms with Gasteiger partial charge in [0.2, 0.25) is 0 Å². The molecule has 2 atom stereocenters. The van der Waals surface area contributed by atoms with Gasteiger partial charge >= 0.3 is 5.97 Å². The molecule has 0 spiro atoms. The summed E-state index contributed by atoms with van der Waals surface area (Å²) in [5.74, 6) is -0.0385. The van der Waals surface area contributed by atoms with Crippen LogP contribution in [0, 0.1) is 5.92 Å². The zero-order valence-electron chi connectivity index (χ0n) is 15.1. The van der Waals surface area contributed by atoms with Gasteiger partial charge in [0.05, 0.1) is 5.71 Å². The van der Waals surface area contributed by atoms with Gasteiger partial charge in [-0.05, 0) is 36.8 Å².